The van der Waals surface area contributed by atoms with Gasteiger partial charge in [0.2, 0.25) is 5.78 Å². The molecule has 29 heavy (non-hydrogen) atoms. The summed E-state index contributed by atoms with van der Waals surface area (Å²) in [4.78, 5) is 29.7. The summed E-state index contributed by atoms with van der Waals surface area (Å²) in [6.07, 6.45) is 0. The third-order valence-electron chi connectivity index (χ3n) is 6.00. The van der Waals surface area contributed by atoms with E-state index in [-0.39, 0.29) is 11.2 Å². The van der Waals surface area contributed by atoms with Gasteiger partial charge in [-0.2, -0.15) is 4.98 Å². The topological polar surface area (TPSA) is 78.3 Å². The highest BCUT2D eigenvalue weighted by Gasteiger charge is 2.21. The van der Waals surface area contributed by atoms with E-state index >= 15 is 0 Å². The van der Waals surface area contributed by atoms with E-state index in [0.29, 0.717) is 23.5 Å². The minimum Gasteiger partial charge on any atom is -0.383 e. The Bertz CT molecular complexity index is 1380. The summed E-state index contributed by atoms with van der Waals surface area (Å²) in [6.45, 7) is 9.62. The molecule has 1 aromatic carbocycles. The van der Waals surface area contributed by atoms with Crippen LogP contribution >= 0.6 is 0 Å². The maximum atomic E-state index is 12.8. The summed E-state index contributed by atoms with van der Waals surface area (Å²) >= 11 is 0. The second-order valence-electron chi connectivity index (χ2n) is 7.62. The Morgan fingerprint density at radius 3 is 2.45 bits per heavy atom. The molecule has 4 aromatic rings. The van der Waals surface area contributed by atoms with Crippen molar-refractivity contribution in [2.45, 2.75) is 34.2 Å². The number of nitrogens with zero attached hydrogens (tertiary/aromatic N) is 5. The molecule has 0 saturated heterocycles. The van der Waals surface area contributed by atoms with Crippen molar-refractivity contribution in [2.75, 3.05) is 11.9 Å². The van der Waals surface area contributed by atoms with Crippen LogP contribution in [0.25, 0.3) is 16.9 Å². The van der Waals surface area contributed by atoms with Gasteiger partial charge in [0.1, 0.15) is 0 Å². The number of aryl methyl sites for hydroxylation is 3. The first-order chi connectivity index (χ1) is 13.7. The SMILES string of the molecule is Cc1cccc(NCCn2c(C)c(C)n3c4c(=O)n(C)c(=O)n(C)c4nc23)c1C. The molecule has 152 valence electrons. The number of rotatable bonds is 4. The molecule has 0 amide bonds. The molecule has 8 nitrogen and oxygen atoms in total. The van der Waals surface area contributed by atoms with Crippen LogP contribution in [-0.2, 0) is 20.6 Å². The molecule has 0 bridgehead atoms. The standard InChI is InChI=1S/C21H26N6O2/c1-12-8-7-9-16(13(12)2)22-10-11-26-14(3)15(4)27-17-18(23-20(26)27)24(5)21(29)25(6)19(17)28/h7-9,22H,10-11H2,1-6H3. The van der Waals surface area contributed by atoms with Crippen LogP contribution in [0.5, 0.6) is 0 Å². The van der Waals surface area contributed by atoms with Crippen molar-refractivity contribution in [3.63, 3.8) is 0 Å². The summed E-state index contributed by atoms with van der Waals surface area (Å²) < 4.78 is 6.52. The minimum absolute atomic E-state index is 0.329. The molecule has 3 aromatic heterocycles. The maximum absolute atomic E-state index is 12.8. The highest BCUT2D eigenvalue weighted by molar-refractivity contribution is 5.76. The number of imidazole rings is 2. The van der Waals surface area contributed by atoms with E-state index < -0.39 is 0 Å². The molecule has 0 aliphatic heterocycles. The molecule has 0 unspecified atom stereocenters. The molecule has 3 heterocycles. The molecule has 0 radical (unpaired) electrons. The van der Waals surface area contributed by atoms with Gasteiger partial charge < -0.3 is 9.88 Å². The molecule has 8 heteroatoms. The predicted octanol–water partition coefficient (Wildman–Crippen LogP) is 2.03. The number of aromatic nitrogens is 5. The highest BCUT2D eigenvalue weighted by Crippen LogP contribution is 2.21. The quantitative estimate of drug-likeness (QED) is 0.575. The van der Waals surface area contributed by atoms with Gasteiger partial charge in [0.05, 0.1) is 0 Å². The fourth-order valence-electron chi connectivity index (χ4n) is 3.90. The van der Waals surface area contributed by atoms with Crippen molar-refractivity contribution >= 4 is 22.6 Å². The average molecular weight is 394 g/mol. The van der Waals surface area contributed by atoms with Gasteiger partial charge in [-0.1, -0.05) is 12.1 Å². The van der Waals surface area contributed by atoms with Crippen LogP contribution in [-0.4, -0.2) is 29.6 Å². The Morgan fingerprint density at radius 1 is 1.00 bits per heavy atom. The maximum Gasteiger partial charge on any atom is 0.332 e. The molecule has 0 aliphatic rings. The lowest BCUT2D eigenvalue weighted by Crippen LogP contribution is -2.37. The summed E-state index contributed by atoms with van der Waals surface area (Å²) in [7, 11) is 3.14. The lowest BCUT2D eigenvalue weighted by Gasteiger charge is -2.12. The van der Waals surface area contributed by atoms with Crippen molar-refractivity contribution in [1.82, 2.24) is 23.1 Å². The smallest absolute Gasteiger partial charge is 0.332 e. The average Bonchev–Trinajstić information content (AvgIpc) is 3.19. The van der Waals surface area contributed by atoms with Crippen molar-refractivity contribution in [3.8, 4) is 0 Å². The van der Waals surface area contributed by atoms with E-state index in [4.69, 9.17) is 0 Å². The van der Waals surface area contributed by atoms with Gasteiger partial charge in [-0.15, -0.1) is 0 Å². The Morgan fingerprint density at radius 2 is 1.72 bits per heavy atom. The van der Waals surface area contributed by atoms with Crippen molar-refractivity contribution < 1.29 is 0 Å². The largest absolute Gasteiger partial charge is 0.383 e. The van der Waals surface area contributed by atoms with Gasteiger partial charge in [-0.25, -0.2) is 4.79 Å². The van der Waals surface area contributed by atoms with E-state index in [1.807, 2.05) is 24.3 Å². The van der Waals surface area contributed by atoms with Crippen LogP contribution in [0.2, 0.25) is 0 Å². The summed E-state index contributed by atoms with van der Waals surface area (Å²) in [5.41, 5.74) is 5.75. The van der Waals surface area contributed by atoms with E-state index in [9.17, 15) is 9.59 Å². The summed E-state index contributed by atoms with van der Waals surface area (Å²) in [5.74, 6) is 0.677. The third kappa shape index (κ3) is 2.70. The second kappa shape index (κ2) is 6.65. The number of fused-ring (bicyclic) bond motifs is 3. The first kappa shape index (κ1) is 19.0. The van der Waals surface area contributed by atoms with Crippen LogP contribution in [0.3, 0.4) is 0 Å². The zero-order chi connectivity index (χ0) is 21.0. The zero-order valence-electron chi connectivity index (χ0n) is 17.7. The molecule has 0 spiro atoms. The Balaban J connectivity index is 1.79. The Kier molecular flexibility index (Phi) is 4.37. The zero-order valence-corrected chi connectivity index (χ0v) is 17.7. The first-order valence-corrected chi connectivity index (χ1v) is 9.68. The van der Waals surface area contributed by atoms with E-state index in [1.165, 1.54) is 22.7 Å². The highest BCUT2D eigenvalue weighted by atomic mass is 16.2. The molecule has 1 N–H and O–H groups in total. The fraction of sp³-hybridized carbons (Fsp3) is 0.381. The van der Waals surface area contributed by atoms with E-state index in [1.54, 1.807) is 7.05 Å². The Hall–Kier alpha value is -3.29. The molecule has 0 fully saturated rings. The van der Waals surface area contributed by atoms with E-state index in [2.05, 4.69) is 40.8 Å². The van der Waals surface area contributed by atoms with Crippen LogP contribution in [0.4, 0.5) is 5.69 Å². The molecule has 0 saturated carbocycles. The number of nitrogens with one attached hydrogen (secondary N) is 1. The molecular weight excluding hydrogens is 368 g/mol. The second-order valence-corrected chi connectivity index (χ2v) is 7.62. The van der Waals surface area contributed by atoms with Crippen LogP contribution < -0.4 is 16.6 Å². The van der Waals surface area contributed by atoms with Crippen molar-refractivity contribution in [2.24, 2.45) is 14.1 Å². The van der Waals surface area contributed by atoms with Gasteiger partial charge in [0, 0.05) is 44.3 Å². The van der Waals surface area contributed by atoms with Gasteiger partial charge >= 0.3 is 5.69 Å². The van der Waals surface area contributed by atoms with Crippen molar-refractivity contribution in [3.05, 3.63) is 61.6 Å². The van der Waals surface area contributed by atoms with Crippen LogP contribution in [0, 0.1) is 27.7 Å². The number of hydrogen-bond donors (Lipinski definition) is 1. The van der Waals surface area contributed by atoms with E-state index in [0.717, 1.165) is 28.2 Å². The number of anilines is 1. The molecule has 0 atom stereocenters. The lowest BCUT2D eigenvalue weighted by molar-refractivity contribution is 0.705. The molecular formula is C21H26N6O2. The normalized spacial score (nSPS) is 11.7. The number of benzene rings is 1. The van der Waals surface area contributed by atoms with Gasteiger partial charge in [0.15, 0.2) is 11.2 Å². The predicted molar refractivity (Wildman–Crippen MR) is 115 cm³/mol. The van der Waals surface area contributed by atoms with Gasteiger partial charge in [0.25, 0.3) is 5.56 Å². The monoisotopic (exact) mass is 394 g/mol. The third-order valence-corrected chi connectivity index (χ3v) is 6.00. The van der Waals surface area contributed by atoms with Gasteiger partial charge in [-0.3, -0.25) is 18.3 Å². The summed E-state index contributed by atoms with van der Waals surface area (Å²) in [5, 5.41) is 3.50. The Labute approximate surface area is 168 Å². The van der Waals surface area contributed by atoms with Crippen molar-refractivity contribution in [1.29, 1.82) is 0 Å². The van der Waals surface area contributed by atoms with Crippen LogP contribution in [0.1, 0.15) is 22.5 Å². The fourth-order valence-corrected chi connectivity index (χ4v) is 3.90. The lowest BCUT2D eigenvalue weighted by atomic mass is 10.1. The summed E-state index contributed by atoms with van der Waals surface area (Å²) in [6, 6.07) is 6.23. The minimum atomic E-state index is -0.374. The molecule has 0 aliphatic carbocycles. The first-order valence-electron chi connectivity index (χ1n) is 9.68. The van der Waals surface area contributed by atoms with Crippen LogP contribution in [0.15, 0.2) is 27.8 Å². The van der Waals surface area contributed by atoms with Gasteiger partial charge in [-0.05, 0) is 44.9 Å². The molecule has 4 rings (SSSR count). The number of hydrogen-bond acceptors (Lipinski definition) is 4.